The molecule has 2 aromatic carbocycles. The van der Waals surface area contributed by atoms with Crippen molar-refractivity contribution >= 4 is 11.8 Å². The van der Waals surface area contributed by atoms with Crippen molar-refractivity contribution in [3.63, 3.8) is 0 Å². The van der Waals surface area contributed by atoms with E-state index in [9.17, 15) is 4.39 Å². The quantitative estimate of drug-likeness (QED) is 0.842. The van der Waals surface area contributed by atoms with Crippen LogP contribution in [0.15, 0.2) is 48.7 Å². The molecule has 1 atom stereocenters. The standard InChI is InChI=1S/C22H25FN2O/c1-16-3-2-4-21-20(16)9-12-25(15-17-10-13-26-14-11-17)22(21)24-19-7-5-18(23)6-8-19/h2-9,12,17,22,24H,10-11,13-15H2,1H3. The Morgan fingerprint density at radius 1 is 1.12 bits per heavy atom. The van der Waals surface area contributed by atoms with Crippen LogP contribution in [0.1, 0.15) is 35.7 Å². The van der Waals surface area contributed by atoms with E-state index in [2.05, 4.69) is 47.6 Å². The van der Waals surface area contributed by atoms with Crippen LogP contribution < -0.4 is 5.32 Å². The molecule has 136 valence electrons. The number of nitrogens with zero attached hydrogens (tertiary/aromatic N) is 1. The molecular formula is C22H25FN2O. The summed E-state index contributed by atoms with van der Waals surface area (Å²) in [4.78, 5) is 2.38. The molecule has 0 aromatic heterocycles. The van der Waals surface area contributed by atoms with Gasteiger partial charge in [0.2, 0.25) is 0 Å². The van der Waals surface area contributed by atoms with Gasteiger partial charge in [0.1, 0.15) is 12.0 Å². The molecule has 0 spiro atoms. The number of hydrogen-bond donors (Lipinski definition) is 1. The number of ether oxygens (including phenoxy) is 1. The van der Waals surface area contributed by atoms with Gasteiger partial charge >= 0.3 is 0 Å². The molecule has 0 bridgehead atoms. The van der Waals surface area contributed by atoms with E-state index in [-0.39, 0.29) is 12.0 Å². The van der Waals surface area contributed by atoms with E-state index < -0.39 is 0 Å². The minimum absolute atomic E-state index is 0.0446. The van der Waals surface area contributed by atoms with E-state index in [4.69, 9.17) is 4.74 Å². The molecule has 0 saturated carbocycles. The number of nitrogens with one attached hydrogen (secondary N) is 1. The van der Waals surface area contributed by atoms with Crippen LogP contribution >= 0.6 is 0 Å². The van der Waals surface area contributed by atoms with Gasteiger partial charge in [0, 0.05) is 37.2 Å². The van der Waals surface area contributed by atoms with Gasteiger partial charge in [-0.1, -0.05) is 18.2 Å². The number of rotatable bonds is 4. The van der Waals surface area contributed by atoms with Crippen molar-refractivity contribution < 1.29 is 9.13 Å². The Labute approximate surface area is 154 Å². The maximum Gasteiger partial charge on any atom is 0.126 e. The van der Waals surface area contributed by atoms with Crippen LogP contribution in [0.2, 0.25) is 0 Å². The third-order valence-electron chi connectivity index (χ3n) is 5.37. The molecule has 0 amide bonds. The van der Waals surface area contributed by atoms with Crippen LogP contribution in [0, 0.1) is 18.7 Å². The van der Waals surface area contributed by atoms with Gasteiger partial charge in [-0.05, 0) is 67.2 Å². The maximum atomic E-state index is 13.3. The van der Waals surface area contributed by atoms with Crippen molar-refractivity contribution in [2.24, 2.45) is 5.92 Å². The highest BCUT2D eigenvalue weighted by atomic mass is 19.1. The molecule has 2 aromatic rings. The van der Waals surface area contributed by atoms with Crippen molar-refractivity contribution in [2.75, 3.05) is 25.1 Å². The fourth-order valence-corrected chi connectivity index (χ4v) is 3.86. The molecule has 1 N–H and O–H groups in total. The Hall–Kier alpha value is -2.33. The first kappa shape index (κ1) is 17.1. The van der Waals surface area contributed by atoms with E-state index in [1.807, 2.05) is 0 Å². The second-order valence-corrected chi connectivity index (χ2v) is 7.20. The van der Waals surface area contributed by atoms with Crippen LogP contribution in [0.25, 0.3) is 6.08 Å². The van der Waals surface area contributed by atoms with Crippen LogP contribution in [0.3, 0.4) is 0 Å². The Kier molecular flexibility index (Phi) is 4.93. The van der Waals surface area contributed by atoms with Gasteiger partial charge < -0.3 is 15.0 Å². The topological polar surface area (TPSA) is 24.5 Å². The number of hydrogen-bond acceptors (Lipinski definition) is 3. The Morgan fingerprint density at radius 3 is 2.65 bits per heavy atom. The molecule has 0 aliphatic carbocycles. The molecule has 4 heteroatoms. The molecule has 1 unspecified atom stereocenters. The number of anilines is 1. The molecule has 4 rings (SSSR count). The van der Waals surface area contributed by atoms with Crippen molar-refractivity contribution in [1.82, 2.24) is 4.90 Å². The lowest BCUT2D eigenvalue weighted by Gasteiger charge is -2.39. The molecule has 2 aliphatic rings. The van der Waals surface area contributed by atoms with Gasteiger partial charge in [0.15, 0.2) is 0 Å². The molecule has 2 aliphatic heterocycles. The van der Waals surface area contributed by atoms with Gasteiger partial charge in [-0.15, -0.1) is 0 Å². The molecule has 1 fully saturated rings. The molecular weight excluding hydrogens is 327 g/mol. The SMILES string of the molecule is Cc1cccc2c1C=CN(CC1CCOCC1)C2Nc1ccc(F)cc1. The van der Waals surface area contributed by atoms with E-state index >= 15 is 0 Å². The number of benzene rings is 2. The zero-order valence-corrected chi connectivity index (χ0v) is 15.1. The summed E-state index contributed by atoms with van der Waals surface area (Å²) in [6.07, 6.45) is 6.67. The molecule has 1 saturated heterocycles. The van der Waals surface area contributed by atoms with Crippen LogP contribution in [-0.2, 0) is 4.74 Å². The summed E-state index contributed by atoms with van der Waals surface area (Å²) in [5, 5.41) is 3.61. The fraction of sp³-hybridized carbons (Fsp3) is 0.364. The summed E-state index contributed by atoms with van der Waals surface area (Å²) in [6, 6.07) is 13.0. The lowest BCUT2D eigenvalue weighted by molar-refractivity contribution is 0.0546. The number of fused-ring (bicyclic) bond motifs is 1. The number of halogens is 1. The van der Waals surface area contributed by atoms with Crippen molar-refractivity contribution in [2.45, 2.75) is 25.9 Å². The normalized spacial score (nSPS) is 20.1. The Bertz CT molecular complexity index is 781. The second kappa shape index (κ2) is 7.50. The first-order valence-electron chi connectivity index (χ1n) is 9.34. The highest BCUT2D eigenvalue weighted by Gasteiger charge is 2.27. The van der Waals surface area contributed by atoms with Crippen molar-refractivity contribution in [1.29, 1.82) is 0 Å². The van der Waals surface area contributed by atoms with E-state index in [1.54, 1.807) is 12.1 Å². The van der Waals surface area contributed by atoms with E-state index in [0.29, 0.717) is 5.92 Å². The average Bonchev–Trinajstić information content (AvgIpc) is 2.66. The maximum absolute atomic E-state index is 13.3. The smallest absolute Gasteiger partial charge is 0.126 e. The lowest BCUT2D eigenvalue weighted by atomic mass is 9.94. The largest absolute Gasteiger partial charge is 0.381 e. The van der Waals surface area contributed by atoms with E-state index in [0.717, 1.165) is 38.3 Å². The molecule has 2 heterocycles. The monoisotopic (exact) mass is 352 g/mol. The zero-order valence-electron chi connectivity index (χ0n) is 15.1. The average molecular weight is 352 g/mol. The van der Waals surface area contributed by atoms with Gasteiger partial charge in [-0.25, -0.2) is 4.39 Å². The van der Waals surface area contributed by atoms with Gasteiger partial charge in [0.25, 0.3) is 0 Å². The third-order valence-corrected chi connectivity index (χ3v) is 5.37. The summed E-state index contributed by atoms with van der Waals surface area (Å²) < 4.78 is 18.8. The predicted molar refractivity (Wildman–Crippen MR) is 103 cm³/mol. The second-order valence-electron chi connectivity index (χ2n) is 7.20. The predicted octanol–water partition coefficient (Wildman–Crippen LogP) is 4.96. The third kappa shape index (κ3) is 3.61. The summed E-state index contributed by atoms with van der Waals surface area (Å²) in [7, 11) is 0. The molecule has 0 radical (unpaired) electrons. The highest BCUT2D eigenvalue weighted by molar-refractivity contribution is 5.62. The van der Waals surface area contributed by atoms with Crippen LogP contribution in [0.4, 0.5) is 10.1 Å². The van der Waals surface area contributed by atoms with Gasteiger partial charge in [-0.2, -0.15) is 0 Å². The van der Waals surface area contributed by atoms with Crippen molar-refractivity contribution in [3.8, 4) is 0 Å². The summed E-state index contributed by atoms with van der Waals surface area (Å²) >= 11 is 0. The Balaban J connectivity index is 1.62. The first-order chi connectivity index (χ1) is 12.7. The summed E-state index contributed by atoms with van der Waals surface area (Å²) in [6.45, 7) is 4.85. The molecule has 26 heavy (non-hydrogen) atoms. The van der Waals surface area contributed by atoms with Crippen LogP contribution in [-0.4, -0.2) is 24.7 Å². The summed E-state index contributed by atoms with van der Waals surface area (Å²) in [5.41, 5.74) is 4.74. The first-order valence-corrected chi connectivity index (χ1v) is 9.34. The summed E-state index contributed by atoms with van der Waals surface area (Å²) in [5.74, 6) is 0.423. The zero-order chi connectivity index (χ0) is 17.9. The van der Waals surface area contributed by atoms with E-state index in [1.165, 1.54) is 28.8 Å². The van der Waals surface area contributed by atoms with Gasteiger partial charge in [-0.3, -0.25) is 0 Å². The van der Waals surface area contributed by atoms with Gasteiger partial charge in [0.05, 0.1) is 0 Å². The minimum atomic E-state index is -0.214. The van der Waals surface area contributed by atoms with Crippen molar-refractivity contribution in [3.05, 3.63) is 71.2 Å². The lowest BCUT2D eigenvalue weighted by Crippen LogP contribution is -2.37. The fourth-order valence-electron chi connectivity index (χ4n) is 3.86. The molecule has 3 nitrogen and oxygen atoms in total. The minimum Gasteiger partial charge on any atom is -0.381 e. The number of aryl methyl sites for hydroxylation is 1. The highest BCUT2D eigenvalue weighted by Crippen LogP contribution is 2.34. The van der Waals surface area contributed by atoms with Crippen LogP contribution in [0.5, 0.6) is 0 Å². The Morgan fingerprint density at radius 2 is 1.88 bits per heavy atom.